The van der Waals surface area contributed by atoms with Crippen molar-refractivity contribution in [2.75, 3.05) is 44.7 Å². The molecule has 3 aromatic rings. The molecule has 8 heteroatoms. The van der Waals surface area contributed by atoms with E-state index in [1.807, 2.05) is 48.7 Å². The number of ether oxygens (including phenoxy) is 2. The minimum Gasteiger partial charge on any atom is -0.497 e. The molecule has 1 aromatic heterocycles. The normalized spacial score (nSPS) is 13.8. The third kappa shape index (κ3) is 6.07. The molecule has 1 aliphatic heterocycles. The van der Waals surface area contributed by atoms with Crippen LogP contribution in [0.2, 0.25) is 0 Å². The molecule has 2 aromatic carbocycles. The second-order valence-corrected chi connectivity index (χ2v) is 8.91. The second kappa shape index (κ2) is 11.5. The largest absolute Gasteiger partial charge is 0.497 e. The summed E-state index contributed by atoms with van der Waals surface area (Å²) in [5.74, 6) is 1.99. The maximum atomic E-state index is 9.06. The molecule has 4 rings (SSSR count). The van der Waals surface area contributed by atoms with Crippen molar-refractivity contribution in [3.63, 3.8) is 0 Å². The van der Waals surface area contributed by atoms with Crippen LogP contribution in [-0.4, -0.2) is 54.7 Å². The van der Waals surface area contributed by atoms with E-state index < -0.39 is 0 Å². The zero-order chi connectivity index (χ0) is 23.8. The van der Waals surface area contributed by atoms with E-state index >= 15 is 0 Å². The third-order valence-corrected chi connectivity index (χ3v) is 6.48. The summed E-state index contributed by atoms with van der Waals surface area (Å²) in [6.07, 6.45) is 3.76. The molecule has 1 saturated heterocycles. The van der Waals surface area contributed by atoms with E-state index in [1.54, 1.807) is 19.2 Å². The summed E-state index contributed by atoms with van der Waals surface area (Å²) in [6, 6.07) is 17.4. The van der Waals surface area contributed by atoms with Crippen molar-refractivity contribution in [3.8, 4) is 17.7 Å². The molecule has 0 spiro atoms. The first kappa shape index (κ1) is 23.6. The van der Waals surface area contributed by atoms with Crippen molar-refractivity contribution in [2.24, 2.45) is 0 Å². The van der Waals surface area contributed by atoms with Crippen LogP contribution in [0.15, 0.2) is 77.2 Å². The predicted molar refractivity (Wildman–Crippen MR) is 133 cm³/mol. The van der Waals surface area contributed by atoms with Crippen LogP contribution in [0, 0.1) is 11.3 Å². The molecule has 0 radical (unpaired) electrons. The van der Waals surface area contributed by atoms with Gasteiger partial charge in [-0.05, 0) is 42.0 Å². The van der Waals surface area contributed by atoms with Crippen molar-refractivity contribution in [3.05, 3.63) is 78.5 Å². The van der Waals surface area contributed by atoms with Gasteiger partial charge >= 0.3 is 0 Å². The van der Waals surface area contributed by atoms with Gasteiger partial charge in [-0.1, -0.05) is 30.0 Å². The van der Waals surface area contributed by atoms with E-state index in [0.29, 0.717) is 24.0 Å². The summed E-state index contributed by atoms with van der Waals surface area (Å²) in [5, 5.41) is 9.06. The van der Waals surface area contributed by atoms with Crippen LogP contribution in [-0.2, 0) is 6.61 Å². The summed E-state index contributed by atoms with van der Waals surface area (Å²) in [6.45, 7) is 8.67. The molecule has 34 heavy (non-hydrogen) atoms. The molecule has 0 amide bonds. The van der Waals surface area contributed by atoms with E-state index in [9.17, 15) is 0 Å². The molecular weight excluding hydrogens is 446 g/mol. The monoisotopic (exact) mass is 473 g/mol. The average Bonchev–Trinajstić information content (AvgIpc) is 2.89. The number of nitrogens with zero attached hydrogens (tertiary/aromatic N) is 5. The van der Waals surface area contributed by atoms with Crippen LogP contribution in [0.4, 0.5) is 5.95 Å². The van der Waals surface area contributed by atoms with Gasteiger partial charge in [0.25, 0.3) is 0 Å². The number of nitriles is 1. The smallest absolute Gasteiger partial charge is 0.232 e. The minimum atomic E-state index is 0.363. The summed E-state index contributed by atoms with van der Waals surface area (Å²) in [7, 11) is 1.65. The quantitative estimate of drug-likeness (QED) is 0.424. The van der Waals surface area contributed by atoms with E-state index in [4.69, 9.17) is 19.7 Å². The molecule has 7 nitrogen and oxygen atoms in total. The Bertz CT molecular complexity index is 1150. The van der Waals surface area contributed by atoms with Gasteiger partial charge in [-0.25, -0.2) is 4.98 Å². The Balaban J connectivity index is 1.55. The lowest BCUT2D eigenvalue weighted by Crippen LogP contribution is -2.46. The van der Waals surface area contributed by atoms with Crippen LogP contribution >= 0.6 is 11.8 Å². The van der Waals surface area contributed by atoms with Crippen LogP contribution in [0.1, 0.15) is 11.1 Å². The summed E-state index contributed by atoms with van der Waals surface area (Å²) < 4.78 is 11.5. The molecule has 0 N–H and O–H groups in total. The number of benzene rings is 2. The van der Waals surface area contributed by atoms with Crippen LogP contribution in [0.5, 0.6) is 11.6 Å². The van der Waals surface area contributed by atoms with Crippen molar-refractivity contribution in [1.29, 1.82) is 5.26 Å². The van der Waals surface area contributed by atoms with Crippen LogP contribution in [0.3, 0.4) is 0 Å². The van der Waals surface area contributed by atoms with Crippen molar-refractivity contribution < 1.29 is 9.47 Å². The molecule has 2 heterocycles. The van der Waals surface area contributed by atoms with Gasteiger partial charge in [0.2, 0.25) is 11.8 Å². The fraction of sp³-hybridized carbons (Fsp3) is 0.269. The Morgan fingerprint density at radius 3 is 2.65 bits per heavy atom. The van der Waals surface area contributed by atoms with Crippen LogP contribution in [0.25, 0.3) is 0 Å². The topological polar surface area (TPSA) is 74.5 Å². The average molecular weight is 474 g/mol. The minimum absolute atomic E-state index is 0.363. The number of anilines is 1. The number of hydrogen-bond donors (Lipinski definition) is 0. The molecule has 0 saturated carbocycles. The fourth-order valence-electron chi connectivity index (χ4n) is 3.62. The summed E-state index contributed by atoms with van der Waals surface area (Å²) >= 11 is 1.52. The number of hydrogen-bond acceptors (Lipinski definition) is 8. The second-order valence-electron chi connectivity index (χ2n) is 7.79. The number of rotatable bonds is 9. The summed E-state index contributed by atoms with van der Waals surface area (Å²) in [5.41, 5.74) is 1.62. The first-order valence-corrected chi connectivity index (χ1v) is 11.9. The third-order valence-electron chi connectivity index (χ3n) is 5.47. The molecule has 1 aliphatic rings. The van der Waals surface area contributed by atoms with Gasteiger partial charge < -0.3 is 14.4 Å². The van der Waals surface area contributed by atoms with Crippen LogP contribution < -0.4 is 14.4 Å². The SMILES string of the molecule is C=CCN1CCN(c2ncc(Sc3ccc(C#N)cc3)c(OCc3cccc(OC)c3)n2)CC1. The maximum absolute atomic E-state index is 9.06. The summed E-state index contributed by atoms with van der Waals surface area (Å²) in [4.78, 5) is 15.8. The molecule has 0 atom stereocenters. The standard InChI is InChI=1S/C26H27N5O2S/c1-3-11-30-12-14-31(15-13-30)26-28-18-24(34-23-9-7-20(17-27)8-10-23)25(29-26)33-19-21-5-4-6-22(16-21)32-2/h3-10,16,18H,1,11-15,19H2,2H3. The molecule has 1 fully saturated rings. The Morgan fingerprint density at radius 1 is 1.15 bits per heavy atom. The Kier molecular flexibility index (Phi) is 8.02. The van der Waals surface area contributed by atoms with E-state index in [1.165, 1.54) is 11.8 Å². The molecule has 0 bridgehead atoms. The molecular formula is C26H27N5O2S. The zero-order valence-electron chi connectivity index (χ0n) is 19.2. The first-order valence-electron chi connectivity index (χ1n) is 11.1. The Labute approximate surface area is 204 Å². The lowest BCUT2D eigenvalue weighted by molar-refractivity contribution is 0.276. The maximum Gasteiger partial charge on any atom is 0.232 e. The lowest BCUT2D eigenvalue weighted by atomic mass is 10.2. The first-order chi connectivity index (χ1) is 16.7. The Hall–Kier alpha value is -3.54. The number of aromatic nitrogens is 2. The van der Waals surface area contributed by atoms with E-state index in [2.05, 4.69) is 27.4 Å². The molecule has 0 aliphatic carbocycles. The van der Waals surface area contributed by atoms with Gasteiger partial charge in [-0.2, -0.15) is 10.2 Å². The highest BCUT2D eigenvalue weighted by atomic mass is 32.2. The fourth-order valence-corrected chi connectivity index (χ4v) is 4.45. The van der Waals surface area contributed by atoms with Gasteiger partial charge in [-0.3, -0.25) is 4.90 Å². The van der Waals surface area contributed by atoms with Crippen molar-refractivity contribution in [1.82, 2.24) is 14.9 Å². The van der Waals surface area contributed by atoms with Gasteiger partial charge in [0.1, 0.15) is 12.4 Å². The predicted octanol–water partition coefficient (Wildman–Crippen LogP) is 4.40. The van der Waals surface area contributed by atoms with Gasteiger partial charge in [0.05, 0.1) is 29.8 Å². The van der Waals surface area contributed by atoms with Crippen molar-refractivity contribution in [2.45, 2.75) is 16.4 Å². The lowest BCUT2D eigenvalue weighted by Gasteiger charge is -2.34. The van der Waals surface area contributed by atoms with Gasteiger partial charge in [0.15, 0.2) is 0 Å². The van der Waals surface area contributed by atoms with Crippen molar-refractivity contribution >= 4 is 17.7 Å². The van der Waals surface area contributed by atoms with Gasteiger partial charge in [-0.15, -0.1) is 6.58 Å². The Morgan fingerprint density at radius 2 is 1.94 bits per heavy atom. The molecule has 0 unspecified atom stereocenters. The highest BCUT2D eigenvalue weighted by Gasteiger charge is 2.20. The highest BCUT2D eigenvalue weighted by Crippen LogP contribution is 2.35. The van der Waals surface area contributed by atoms with E-state index in [0.717, 1.165) is 53.8 Å². The van der Waals surface area contributed by atoms with E-state index in [-0.39, 0.29) is 0 Å². The molecule has 174 valence electrons. The number of piperazine rings is 1. The van der Waals surface area contributed by atoms with Gasteiger partial charge in [0, 0.05) is 37.6 Å². The number of methoxy groups -OCH3 is 1. The highest BCUT2D eigenvalue weighted by molar-refractivity contribution is 7.99. The zero-order valence-corrected chi connectivity index (χ0v) is 20.0.